The zero-order valence-corrected chi connectivity index (χ0v) is 46.0. The maximum Gasteiger partial charge on any atom is 1.00 e. The summed E-state index contributed by atoms with van der Waals surface area (Å²) in [5.74, 6) is -2.24. The average molecular weight is 1160 g/mol. The normalized spacial score (nSPS) is 9.71. The van der Waals surface area contributed by atoms with Crippen molar-refractivity contribution in [2.75, 3.05) is 0 Å². The quantitative estimate of drug-likeness (QED) is 0.120. The Morgan fingerprint density at radius 3 is 2.07 bits per heavy atom. The molecule has 0 radical (unpaired) electrons. The second-order valence-corrected chi connectivity index (χ2v) is 26.4. The fraction of sp³-hybridized carbons (Fsp3) is 0.0690. The molecular weight excluding hydrogens is 1140 g/mol. The van der Waals surface area contributed by atoms with Gasteiger partial charge in [0.2, 0.25) is 0 Å². The van der Waals surface area contributed by atoms with E-state index in [1.54, 1.807) is 50.7 Å². The van der Waals surface area contributed by atoms with Gasteiger partial charge in [-0.25, -0.2) is 0 Å². The van der Waals surface area contributed by atoms with Gasteiger partial charge in [-0.1, -0.05) is 0 Å². The summed E-state index contributed by atoms with van der Waals surface area (Å²) in [4.78, 5) is 35.4. The molecule has 16 heteroatoms. The Bertz CT molecular complexity index is 1840. The molecule has 209 valence electrons. The first kappa shape index (κ1) is 46.2. The first-order valence-electron chi connectivity index (χ1n) is 12.2. The van der Waals surface area contributed by atoms with Crippen LogP contribution in [0.2, 0.25) is 3.93 Å². The molecule has 0 saturated heterocycles. The van der Waals surface area contributed by atoms with E-state index in [4.69, 9.17) is 4.42 Å². The van der Waals surface area contributed by atoms with Crippen molar-refractivity contribution >= 4 is 66.1 Å². The maximum absolute atomic E-state index is 12.4. The Labute approximate surface area is 373 Å². The number of hydrogen-bond acceptors (Lipinski definition) is 8. The second kappa shape index (κ2) is 21.4. The molecule has 2 N–H and O–H groups in total. The summed E-state index contributed by atoms with van der Waals surface area (Å²) >= 11 is 5.58. The summed E-state index contributed by atoms with van der Waals surface area (Å²) < 4.78 is 8.47. The number of aromatic carboxylic acids is 2. The molecule has 3 aromatic carbocycles. The molecule has 5 rings (SSSR count). The summed E-state index contributed by atoms with van der Waals surface area (Å²) in [6, 6.07) is 18.1. The molecule has 0 amide bonds. The van der Waals surface area contributed by atoms with Crippen LogP contribution in [0.25, 0.3) is 33.4 Å². The molecule has 3 aromatic rings. The minimum Gasteiger partial charge on any atom is 1.00 e. The van der Waals surface area contributed by atoms with E-state index in [1.807, 2.05) is 12.1 Å². The van der Waals surface area contributed by atoms with E-state index >= 15 is 0 Å². The van der Waals surface area contributed by atoms with Crippen molar-refractivity contribution in [2.24, 2.45) is 0 Å². The zero-order valence-electron chi connectivity index (χ0n) is 25.0. The van der Waals surface area contributed by atoms with E-state index in [1.165, 1.54) is 16.1 Å². The van der Waals surface area contributed by atoms with Crippen LogP contribution < -0.4 is 112 Å². The van der Waals surface area contributed by atoms with Crippen LogP contribution >= 0.6 is 40.1 Å². The van der Waals surface area contributed by atoms with Gasteiger partial charge >= 0.3 is 374 Å². The van der Waals surface area contributed by atoms with Gasteiger partial charge in [0.1, 0.15) is 0 Å². The SMILES string of the molecule is C[CH2][Hg][S]c1ccccc1C(=O)[O-].O.O=C([O-])c1ccccc1-c1c2cc(Br)c(=O)cc-2oc2[c]([Hg])c([O-])c(Br)cc12.[Na+].[Na+].[Na+]. The van der Waals surface area contributed by atoms with Gasteiger partial charge < -0.3 is 5.48 Å². The molecule has 0 saturated carbocycles. The van der Waals surface area contributed by atoms with Crippen molar-refractivity contribution in [1.82, 2.24) is 0 Å². The van der Waals surface area contributed by atoms with Gasteiger partial charge in [-0.05, 0) is 0 Å². The number of carbonyl (C=O) groups excluding carboxylic acids is 2. The number of benzene rings is 4. The van der Waals surface area contributed by atoms with Crippen LogP contribution in [0.15, 0.2) is 89.8 Å². The molecule has 1 aliphatic heterocycles. The van der Waals surface area contributed by atoms with Crippen LogP contribution in [0.3, 0.4) is 0 Å². The predicted molar refractivity (Wildman–Crippen MR) is 154 cm³/mol. The second-order valence-electron chi connectivity index (χ2n) is 8.76. The van der Waals surface area contributed by atoms with Gasteiger partial charge in [0.15, 0.2) is 0 Å². The molecule has 2 aliphatic rings. The topological polar surface area (TPSA) is 165 Å². The van der Waals surface area contributed by atoms with E-state index in [0.29, 0.717) is 45.2 Å². The van der Waals surface area contributed by atoms with Gasteiger partial charge in [-0.15, -0.1) is 0 Å². The van der Waals surface area contributed by atoms with E-state index in [2.05, 4.69) is 38.8 Å². The predicted octanol–water partition coefficient (Wildman–Crippen LogP) is -5.54. The average Bonchev–Trinajstić information content (AvgIpc) is 2.95. The third kappa shape index (κ3) is 11.1. The van der Waals surface area contributed by atoms with E-state index in [0.717, 1.165) is 4.90 Å². The molecule has 1 aliphatic carbocycles. The van der Waals surface area contributed by atoms with Crippen molar-refractivity contribution in [3.63, 3.8) is 0 Å². The Balaban J connectivity index is 0.000000981. The summed E-state index contributed by atoms with van der Waals surface area (Å²) in [5, 5.41) is 35.4. The van der Waals surface area contributed by atoms with Gasteiger partial charge in [-0.2, -0.15) is 0 Å². The van der Waals surface area contributed by atoms with E-state index < -0.39 is 35.0 Å². The fourth-order valence-electron chi connectivity index (χ4n) is 4.18. The molecule has 0 atom stereocenters. The van der Waals surface area contributed by atoms with Crippen LogP contribution in [-0.2, 0) is 49.2 Å². The molecule has 8 nitrogen and oxygen atoms in total. The molecule has 0 aromatic heterocycles. The van der Waals surface area contributed by atoms with Gasteiger partial charge in [-0.3, -0.25) is 0 Å². The van der Waals surface area contributed by atoms with Crippen LogP contribution in [0.4, 0.5) is 0 Å². The third-order valence-electron chi connectivity index (χ3n) is 6.05. The minimum atomic E-state index is -1.31. The summed E-state index contributed by atoms with van der Waals surface area (Å²) in [5.41, 5.74) is 2.04. The molecule has 0 spiro atoms. The Kier molecular flexibility index (Phi) is 22.0. The van der Waals surface area contributed by atoms with Crippen LogP contribution in [0, 0.1) is 0 Å². The first-order chi connectivity index (χ1) is 19.5. The fourth-order valence-corrected chi connectivity index (χ4v) is 16.5. The van der Waals surface area contributed by atoms with Crippen molar-refractivity contribution in [1.29, 1.82) is 0 Å². The third-order valence-corrected chi connectivity index (χ3v) is 21.8. The van der Waals surface area contributed by atoms with E-state index in [9.17, 15) is 29.7 Å². The number of carboxylic acids is 2. The zero-order chi connectivity index (χ0) is 29.8. The molecule has 0 bridgehead atoms. The number of carbonyl (C=O) groups is 2. The van der Waals surface area contributed by atoms with Crippen LogP contribution in [0.5, 0.6) is 5.75 Å². The summed E-state index contributed by atoms with van der Waals surface area (Å²) in [6.07, 6.45) is 0. The smallest absolute Gasteiger partial charge is 1.00 e. The first-order valence-corrected chi connectivity index (χ1v) is 28.1. The molecule has 1 heterocycles. The van der Waals surface area contributed by atoms with Gasteiger partial charge in [0, 0.05) is 0 Å². The summed E-state index contributed by atoms with van der Waals surface area (Å²) in [7, 11) is 1.78. The van der Waals surface area contributed by atoms with E-state index in [-0.39, 0.29) is 143 Å². The van der Waals surface area contributed by atoms with Crippen molar-refractivity contribution < 1.29 is 173 Å². The standard InChI is InChI=1S/C20H9Br2O5.C7H6O2S.C2H5.2Hg.3Na.H2O/c21-13-5-11-17(7-15(13)23)27-18-8-16(24)14(22)6-12(18)19(11)9-3-1-2-4-10(9)20(25)26;8-7(9)5-3-1-2-4-6(5)10;1-2;;;;;;/h1-7,24H,(H,25,26);1-4,10H,(H,8,9);1H2,2H3;;;;;;1H2/q;;;;4*+1;/p-4. The molecule has 0 fully saturated rings. The number of hydrogen-bond donors (Lipinski definition) is 0. The van der Waals surface area contributed by atoms with Crippen LogP contribution in [-0.4, -0.2) is 17.4 Å². The Morgan fingerprint density at radius 2 is 1.47 bits per heavy atom. The maximum atomic E-state index is 12.4. The number of fused-ring (bicyclic) bond motifs is 2. The molecular formula is C29H18Br2Hg2Na3O8S. The summed E-state index contributed by atoms with van der Waals surface area (Å²) in [6.45, 7) is 2.16. The number of rotatable bonds is 6. The number of halogens is 2. The van der Waals surface area contributed by atoms with Crippen molar-refractivity contribution in [3.05, 3.63) is 97.0 Å². The van der Waals surface area contributed by atoms with Gasteiger partial charge in [0.25, 0.3) is 0 Å². The Morgan fingerprint density at radius 1 is 0.889 bits per heavy atom. The number of carboxylic acid groups (broad SMARTS) is 2. The monoisotopic (exact) mass is 1160 g/mol. The largest absolute Gasteiger partial charge is 1.00 e. The minimum absolute atomic E-state index is 0. The van der Waals surface area contributed by atoms with Gasteiger partial charge in [0.05, 0.1) is 0 Å². The van der Waals surface area contributed by atoms with Crippen molar-refractivity contribution in [2.45, 2.75) is 15.7 Å². The van der Waals surface area contributed by atoms with Crippen molar-refractivity contribution in [3.8, 4) is 28.2 Å². The molecule has 0 unspecified atom stereocenters. The van der Waals surface area contributed by atoms with Crippen LogP contribution in [0.1, 0.15) is 27.6 Å². The molecule has 45 heavy (non-hydrogen) atoms. The Hall–Kier alpha value is 1.23.